The Labute approximate surface area is 186 Å². The first-order valence-corrected chi connectivity index (χ1v) is 11.6. The van der Waals surface area contributed by atoms with E-state index < -0.39 is 0 Å². The van der Waals surface area contributed by atoms with Crippen LogP contribution >= 0.6 is 11.6 Å². The number of aryl methyl sites for hydroxylation is 1. The number of benzene rings is 1. The molecule has 0 radical (unpaired) electrons. The molecule has 1 atom stereocenters. The fourth-order valence-electron chi connectivity index (χ4n) is 4.49. The van der Waals surface area contributed by atoms with Gasteiger partial charge in [0, 0.05) is 19.6 Å². The van der Waals surface area contributed by atoms with Gasteiger partial charge in [0.1, 0.15) is 0 Å². The predicted molar refractivity (Wildman–Crippen MR) is 124 cm³/mol. The minimum atomic E-state index is -0.336. The third-order valence-electron chi connectivity index (χ3n) is 6.22. The molecule has 8 heteroatoms. The lowest BCUT2D eigenvalue weighted by Gasteiger charge is -2.16. The van der Waals surface area contributed by atoms with E-state index in [2.05, 4.69) is 52.1 Å². The van der Waals surface area contributed by atoms with Crippen molar-refractivity contribution in [2.75, 3.05) is 19.6 Å². The van der Waals surface area contributed by atoms with Gasteiger partial charge in [-0.05, 0) is 61.9 Å². The molecule has 1 aliphatic heterocycles. The smallest absolute Gasteiger partial charge is 0.323 e. The minimum absolute atomic E-state index is 0.136. The summed E-state index contributed by atoms with van der Waals surface area (Å²) in [6.07, 6.45) is 4.70. The number of imidazole rings is 1. The fourth-order valence-corrected chi connectivity index (χ4v) is 4.67. The van der Waals surface area contributed by atoms with E-state index >= 15 is 0 Å². The van der Waals surface area contributed by atoms with Crippen molar-refractivity contribution in [2.45, 2.75) is 58.0 Å². The second-order valence-corrected chi connectivity index (χ2v) is 8.73. The van der Waals surface area contributed by atoms with Crippen molar-refractivity contribution in [3.63, 3.8) is 0 Å². The van der Waals surface area contributed by atoms with E-state index in [9.17, 15) is 9.59 Å². The van der Waals surface area contributed by atoms with Gasteiger partial charge in [-0.3, -0.25) is 13.9 Å². The highest BCUT2D eigenvalue weighted by Gasteiger charge is 2.23. The van der Waals surface area contributed by atoms with E-state index in [4.69, 9.17) is 11.6 Å². The number of hydrogen-bond donors (Lipinski definition) is 1. The number of rotatable bonds is 9. The molecule has 1 unspecified atom stereocenters. The van der Waals surface area contributed by atoms with Crippen molar-refractivity contribution in [1.29, 1.82) is 0 Å². The summed E-state index contributed by atoms with van der Waals surface area (Å²) < 4.78 is 2.91. The molecule has 2 aromatic heterocycles. The zero-order valence-corrected chi connectivity index (χ0v) is 18.8. The molecule has 1 aromatic carbocycles. The van der Waals surface area contributed by atoms with Crippen molar-refractivity contribution < 1.29 is 0 Å². The van der Waals surface area contributed by atoms with E-state index in [0.29, 0.717) is 30.2 Å². The number of hydrogen-bond acceptors (Lipinski definition) is 4. The monoisotopic (exact) mass is 443 g/mol. The fraction of sp³-hybridized carbons (Fsp3) is 0.522. The Morgan fingerprint density at radius 3 is 2.58 bits per heavy atom. The molecule has 0 amide bonds. The number of aromatic nitrogens is 4. The predicted octanol–water partition coefficient (Wildman–Crippen LogP) is 3.61. The van der Waals surface area contributed by atoms with Crippen LogP contribution in [0.3, 0.4) is 0 Å². The largest absolute Gasteiger partial charge is 0.332 e. The normalized spacial score (nSPS) is 17.0. The van der Waals surface area contributed by atoms with Crippen LogP contribution in [0.15, 0.2) is 39.9 Å². The van der Waals surface area contributed by atoms with Crippen molar-refractivity contribution in [3.05, 3.63) is 62.0 Å². The van der Waals surface area contributed by atoms with Gasteiger partial charge in [-0.2, -0.15) is 4.98 Å². The van der Waals surface area contributed by atoms with Crippen molar-refractivity contribution in [3.8, 4) is 0 Å². The van der Waals surface area contributed by atoms with Crippen molar-refractivity contribution in [1.82, 2.24) is 24.0 Å². The zero-order valence-electron chi connectivity index (χ0n) is 18.0. The Bertz CT molecular complexity index is 1130. The Balaban J connectivity index is 1.39. The molecule has 0 bridgehead atoms. The van der Waals surface area contributed by atoms with E-state index in [1.54, 1.807) is 4.57 Å². The van der Waals surface area contributed by atoms with Crippen LogP contribution < -0.4 is 11.2 Å². The summed E-state index contributed by atoms with van der Waals surface area (Å²) in [5.41, 5.74) is 1.45. The second kappa shape index (κ2) is 9.83. The molecule has 0 spiro atoms. The lowest BCUT2D eigenvalue weighted by Crippen LogP contribution is -2.40. The number of nitrogens with one attached hydrogen (secondary N) is 1. The lowest BCUT2D eigenvalue weighted by atomic mass is 9.99. The van der Waals surface area contributed by atoms with Crippen LogP contribution in [0.5, 0.6) is 0 Å². The molecular formula is C23H30ClN5O2. The van der Waals surface area contributed by atoms with Gasteiger partial charge in [0.2, 0.25) is 5.28 Å². The minimum Gasteiger partial charge on any atom is -0.323 e. The average Bonchev–Trinajstić information content (AvgIpc) is 3.40. The lowest BCUT2D eigenvalue weighted by molar-refractivity contribution is 0.321. The van der Waals surface area contributed by atoms with Crippen LogP contribution in [0.2, 0.25) is 5.28 Å². The first kappa shape index (κ1) is 21.8. The summed E-state index contributed by atoms with van der Waals surface area (Å²) in [7, 11) is 0. The highest BCUT2D eigenvalue weighted by Crippen LogP contribution is 2.26. The zero-order chi connectivity index (χ0) is 21.8. The van der Waals surface area contributed by atoms with Crippen LogP contribution in [0, 0.1) is 0 Å². The molecule has 1 saturated heterocycles. The summed E-state index contributed by atoms with van der Waals surface area (Å²) in [4.78, 5) is 35.3. The number of nitrogens with zero attached hydrogens (tertiary/aromatic N) is 4. The van der Waals surface area contributed by atoms with Gasteiger partial charge >= 0.3 is 5.69 Å². The third kappa shape index (κ3) is 4.77. The molecule has 1 aliphatic rings. The Hall–Kier alpha value is -2.38. The molecule has 0 saturated carbocycles. The van der Waals surface area contributed by atoms with Gasteiger partial charge < -0.3 is 9.88 Å². The molecule has 31 heavy (non-hydrogen) atoms. The molecule has 3 aromatic rings. The van der Waals surface area contributed by atoms with E-state index in [1.807, 2.05) is 0 Å². The van der Waals surface area contributed by atoms with Gasteiger partial charge in [-0.1, -0.05) is 43.7 Å². The maximum atomic E-state index is 13.0. The molecule has 1 fully saturated rings. The first-order chi connectivity index (χ1) is 15.1. The van der Waals surface area contributed by atoms with Gasteiger partial charge in [0.25, 0.3) is 5.56 Å². The maximum absolute atomic E-state index is 13.0. The average molecular weight is 444 g/mol. The molecular weight excluding hydrogens is 414 g/mol. The number of likely N-dealkylation sites (tertiary alicyclic amines) is 1. The Morgan fingerprint density at radius 2 is 1.81 bits per heavy atom. The number of halogens is 1. The molecule has 3 heterocycles. The molecule has 7 nitrogen and oxygen atoms in total. The van der Waals surface area contributed by atoms with Gasteiger partial charge in [0.15, 0.2) is 11.2 Å². The van der Waals surface area contributed by atoms with Crippen LogP contribution in [0.1, 0.15) is 50.5 Å². The van der Waals surface area contributed by atoms with E-state index in [1.165, 1.54) is 16.6 Å². The summed E-state index contributed by atoms with van der Waals surface area (Å²) in [5, 5.41) is 0.136. The van der Waals surface area contributed by atoms with Crippen LogP contribution in [-0.2, 0) is 13.1 Å². The number of aromatic amines is 1. The number of fused-ring (bicyclic) bond motifs is 1. The highest BCUT2D eigenvalue weighted by molar-refractivity contribution is 6.28. The summed E-state index contributed by atoms with van der Waals surface area (Å²) in [6, 6.07) is 10.7. The van der Waals surface area contributed by atoms with E-state index in [0.717, 1.165) is 45.3 Å². The molecule has 1 N–H and O–H groups in total. The third-order valence-corrected chi connectivity index (χ3v) is 6.40. The second-order valence-electron chi connectivity index (χ2n) is 8.37. The standard InChI is InChI=1S/C23H30ClN5O2/c1-2-3-13-28-20-19(25-22(24)26-20)21(30)29(23(28)31)14-8-7-12-27-15-11-18(16-27)17-9-5-4-6-10-17/h4-6,9-10,18H,2-3,7-8,11-16H2,1H3,(H,25,26). The van der Waals surface area contributed by atoms with Gasteiger partial charge in [0.05, 0.1) is 0 Å². The Morgan fingerprint density at radius 1 is 1.06 bits per heavy atom. The highest BCUT2D eigenvalue weighted by atomic mass is 35.5. The molecule has 166 valence electrons. The maximum Gasteiger partial charge on any atom is 0.332 e. The summed E-state index contributed by atoms with van der Waals surface area (Å²) in [5.74, 6) is 0.599. The van der Waals surface area contributed by atoms with Crippen LogP contribution in [0.25, 0.3) is 11.2 Å². The number of H-pyrrole nitrogens is 1. The quantitative estimate of drug-likeness (QED) is 0.405. The first-order valence-electron chi connectivity index (χ1n) is 11.2. The SMILES string of the molecule is CCCCn1c(=O)n(CCCCN2CCC(c3ccccc3)C2)c(=O)c2[nH]c(Cl)nc21. The van der Waals surface area contributed by atoms with Crippen molar-refractivity contribution >= 4 is 22.8 Å². The van der Waals surface area contributed by atoms with Crippen LogP contribution in [0.4, 0.5) is 0 Å². The van der Waals surface area contributed by atoms with E-state index in [-0.39, 0.29) is 16.5 Å². The number of unbranched alkanes of at least 4 members (excludes halogenated alkanes) is 2. The summed E-state index contributed by atoms with van der Waals surface area (Å²) >= 11 is 5.99. The topological polar surface area (TPSA) is 75.9 Å². The Kier molecular flexibility index (Phi) is 6.92. The summed E-state index contributed by atoms with van der Waals surface area (Å²) in [6.45, 7) is 6.17. The van der Waals surface area contributed by atoms with Crippen molar-refractivity contribution in [2.24, 2.45) is 0 Å². The molecule has 0 aliphatic carbocycles. The van der Waals surface area contributed by atoms with Crippen LogP contribution in [-0.4, -0.2) is 43.6 Å². The van der Waals surface area contributed by atoms with Gasteiger partial charge in [-0.15, -0.1) is 0 Å². The molecule has 4 rings (SSSR count). The van der Waals surface area contributed by atoms with Gasteiger partial charge in [-0.25, -0.2) is 4.79 Å².